The van der Waals surface area contributed by atoms with Gasteiger partial charge in [-0.25, -0.2) is 14.5 Å². The summed E-state index contributed by atoms with van der Waals surface area (Å²) in [4.78, 5) is 49.0. The molecule has 0 radical (unpaired) electrons. The number of carboxylic acid groups (broad SMARTS) is 1. The summed E-state index contributed by atoms with van der Waals surface area (Å²) in [5.41, 5.74) is 0.672. The van der Waals surface area contributed by atoms with Gasteiger partial charge in [0.15, 0.2) is 18.1 Å². The first-order valence-corrected chi connectivity index (χ1v) is 10.1. The van der Waals surface area contributed by atoms with Gasteiger partial charge < -0.3 is 30.0 Å². The number of hydrogen-bond donors (Lipinski definition) is 3. The third-order valence-corrected chi connectivity index (χ3v) is 4.83. The predicted molar refractivity (Wildman–Crippen MR) is 121 cm³/mol. The topological polar surface area (TPSA) is 144 Å². The van der Waals surface area contributed by atoms with Crippen LogP contribution in [0.3, 0.4) is 0 Å². The number of carbonyl (C=O) groups is 4. The quantitative estimate of drug-likeness (QED) is 0.359. The number of nitrogens with one attached hydrogen (secondary N) is 2. The van der Waals surface area contributed by atoms with Gasteiger partial charge in [0.1, 0.15) is 18.0 Å². The van der Waals surface area contributed by atoms with Crippen molar-refractivity contribution in [3.8, 4) is 17.2 Å². The standard InChI is InChI=1S/C22H20ClN3O8/c1-32-16-6-4-3-5-14(16)24-18(27)10-26-21(30)15(25-22(26)31)8-12-7-13(23)20(17(9-12)33-2)34-11-19(28)29/h3-9H,10-11H2,1-2H3,(H,24,27)(H,25,31)(H,28,29)/b15-8+. The van der Waals surface area contributed by atoms with E-state index in [1.54, 1.807) is 24.3 Å². The van der Waals surface area contributed by atoms with Crippen molar-refractivity contribution in [2.24, 2.45) is 0 Å². The highest BCUT2D eigenvalue weighted by atomic mass is 35.5. The first-order chi connectivity index (χ1) is 16.2. The molecule has 1 heterocycles. The van der Waals surface area contributed by atoms with Gasteiger partial charge in [-0.1, -0.05) is 23.7 Å². The second-order valence-corrected chi connectivity index (χ2v) is 7.25. The third kappa shape index (κ3) is 5.56. The van der Waals surface area contributed by atoms with E-state index in [0.29, 0.717) is 17.0 Å². The molecule has 2 aromatic carbocycles. The highest BCUT2D eigenvalue weighted by Gasteiger charge is 2.35. The molecule has 0 unspecified atom stereocenters. The Morgan fingerprint density at radius 2 is 1.85 bits per heavy atom. The van der Waals surface area contributed by atoms with E-state index < -0.39 is 37.0 Å². The van der Waals surface area contributed by atoms with Gasteiger partial charge in [0, 0.05) is 0 Å². The molecule has 11 nitrogen and oxygen atoms in total. The molecule has 0 atom stereocenters. The monoisotopic (exact) mass is 489 g/mol. The van der Waals surface area contributed by atoms with Crippen LogP contribution in [0.25, 0.3) is 6.08 Å². The van der Waals surface area contributed by atoms with Crippen molar-refractivity contribution in [3.05, 3.63) is 52.7 Å². The summed E-state index contributed by atoms with van der Waals surface area (Å²) >= 11 is 6.17. The first kappa shape index (κ1) is 24.4. The Morgan fingerprint density at radius 3 is 2.53 bits per heavy atom. The fourth-order valence-electron chi connectivity index (χ4n) is 3.06. The van der Waals surface area contributed by atoms with Gasteiger partial charge in [0.05, 0.1) is 24.9 Å². The number of carbonyl (C=O) groups excluding carboxylic acids is 3. The van der Waals surface area contributed by atoms with Crippen LogP contribution in [0.5, 0.6) is 17.2 Å². The fraction of sp³-hybridized carbons (Fsp3) is 0.182. The Balaban J connectivity index is 1.76. The average molecular weight is 490 g/mol. The Morgan fingerprint density at radius 1 is 1.15 bits per heavy atom. The number of halogens is 1. The van der Waals surface area contributed by atoms with E-state index in [4.69, 9.17) is 30.9 Å². The number of hydrogen-bond acceptors (Lipinski definition) is 7. The van der Waals surface area contributed by atoms with E-state index in [-0.39, 0.29) is 22.2 Å². The van der Waals surface area contributed by atoms with Gasteiger partial charge in [-0.05, 0) is 35.9 Å². The summed E-state index contributed by atoms with van der Waals surface area (Å²) < 4.78 is 15.5. The van der Waals surface area contributed by atoms with Crippen LogP contribution in [-0.4, -0.2) is 61.2 Å². The molecule has 3 rings (SSSR count). The molecule has 34 heavy (non-hydrogen) atoms. The van der Waals surface area contributed by atoms with E-state index in [1.165, 1.54) is 32.4 Å². The minimum Gasteiger partial charge on any atom is -0.495 e. The molecule has 4 amide bonds. The zero-order valence-electron chi connectivity index (χ0n) is 18.1. The van der Waals surface area contributed by atoms with E-state index in [2.05, 4.69) is 10.6 Å². The number of rotatable bonds is 9. The first-order valence-electron chi connectivity index (χ1n) is 9.73. The smallest absolute Gasteiger partial charge is 0.341 e. The molecule has 0 spiro atoms. The van der Waals surface area contributed by atoms with Gasteiger partial charge in [-0.3, -0.25) is 9.59 Å². The molecular formula is C22H20ClN3O8. The second kappa shape index (κ2) is 10.6. The summed E-state index contributed by atoms with van der Waals surface area (Å²) in [6.07, 6.45) is 1.34. The zero-order valence-corrected chi connectivity index (χ0v) is 18.8. The predicted octanol–water partition coefficient (Wildman–Crippen LogP) is 2.35. The van der Waals surface area contributed by atoms with E-state index in [1.807, 2.05) is 0 Å². The second-order valence-electron chi connectivity index (χ2n) is 6.84. The SMILES string of the molecule is COc1ccccc1NC(=O)CN1C(=O)N/C(=C/c2cc(Cl)c(OCC(=O)O)c(OC)c2)C1=O. The van der Waals surface area contributed by atoms with E-state index in [9.17, 15) is 19.2 Å². The number of carboxylic acids is 1. The fourth-order valence-corrected chi connectivity index (χ4v) is 3.33. The lowest BCUT2D eigenvalue weighted by molar-refractivity contribution is -0.139. The highest BCUT2D eigenvalue weighted by Crippen LogP contribution is 2.37. The van der Waals surface area contributed by atoms with Gasteiger partial charge >= 0.3 is 12.0 Å². The van der Waals surface area contributed by atoms with Crippen molar-refractivity contribution in [1.82, 2.24) is 10.2 Å². The maximum absolute atomic E-state index is 12.7. The average Bonchev–Trinajstić information content (AvgIpc) is 3.05. The Bertz CT molecular complexity index is 1180. The van der Waals surface area contributed by atoms with Crippen LogP contribution >= 0.6 is 11.6 Å². The molecule has 3 N–H and O–H groups in total. The van der Waals surface area contributed by atoms with Crippen LogP contribution < -0.4 is 24.8 Å². The molecule has 178 valence electrons. The summed E-state index contributed by atoms with van der Waals surface area (Å²) in [6.45, 7) is -1.15. The molecule has 0 aromatic heterocycles. The van der Waals surface area contributed by atoms with Gasteiger partial charge in [0.25, 0.3) is 5.91 Å². The lowest BCUT2D eigenvalue weighted by atomic mass is 10.1. The molecule has 0 bridgehead atoms. The van der Waals surface area contributed by atoms with Crippen molar-refractivity contribution in [2.75, 3.05) is 32.7 Å². The van der Waals surface area contributed by atoms with Crippen molar-refractivity contribution in [3.63, 3.8) is 0 Å². The van der Waals surface area contributed by atoms with Crippen molar-refractivity contribution >= 4 is 47.2 Å². The number of nitrogens with zero attached hydrogens (tertiary/aromatic N) is 1. The molecule has 1 fully saturated rings. The van der Waals surface area contributed by atoms with E-state index >= 15 is 0 Å². The Kier molecular flexibility index (Phi) is 7.59. The number of para-hydroxylation sites is 2. The Hall–Kier alpha value is -4.25. The lowest BCUT2D eigenvalue weighted by Gasteiger charge is -2.13. The molecule has 0 saturated carbocycles. The van der Waals surface area contributed by atoms with Gasteiger partial charge in [-0.15, -0.1) is 0 Å². The number of urea groups is 1. The normalized spacial score (nSPS) is 14.1. The summed E-state index contributed by atoms with van der Waals surface area (Å²) in [7, 11) is 2.78. The number of imide groups is 1. The number of amides is 4. The number of anilines is 1. The van der Waals surface area contributed by atoms with Crippen LogP contribution in [0.2, 0.25) is 5.02 Å². The van der Waals surface area contributed by atoms with E-state index in [0.717, 1.165) is 4.90 Å². The molecule has 1 aliphatic heterocycles. The lowest BCUT2D eigenvalue weighted by Crippen LogP contribution is -2.38. The van der Waals surface area contributed by atoms with Gasteiger partial charge in [0.2, 0.25) is 5.91 Å². The molecule has 0 aliphatic carbocycles. The minimum atomic E-state index is -1.20. The maximum atomic E-state index is 12.7. The molecule has 1 aliphatic rings. The largest absolute Gasteiger partial charge is 0.495 e. The molecule has 1 saturated heterocycles. The Labute approximate surface area is 198 Å². The number of benzene rings is 2. The number of aliphatic carboxylic acids is 1. The maximum Gasteiger partial charge on any atom is 0.341 e. The van der Waals surface area contributed by atoms with Crippen LogP contribution in [0.4, 0.5) is 10.5 Å². The number of methoxy groups -OCH3 is 2. The van der Waals surface area contributed by atoms with Crippen molar-refractivity contribution < 1.29 is 38.5 Å². The summed E-state index contributed by atoms with van der Waals surface area (Å²) in [6, 6.07) is 8.79. The summed E-state index contributed by atoms with van der Waals surface area (Å²) in [5, 5.41) is 13.8. The minimum absolute atomic E-state index is 0.0186. The van der Waals surface area contributed by atoms with Crippen LogP contribution in [0.15, 0.2) is 42.1 Å². The van der Waals surface area contributed by atoms with Crippen LogP contribution in [-0.2, 0) is 14.4 Å². The third-order valence-electron chi connectivity index (χ3n) is 4.55. The van der Waals surface area contributed by atoms with Crippen molar-refractivity contribution in [2.45, 2.75) is 0 Å². The number of ether oxygens (including phenoxy) is 3. The molecule has 12 heteroatoms. The molecule has 2 aromatic rings. The van der Waals surface area contributed by atoms with Crippen molar-refractivity contribution in [1.29, 1.82) is 0 Å². The van der Waals surface area contributed by atoms with Crippen LogP contribution in [0, 0.1) is 0 Å². The zero-order chi connectivity index (χ0) is 24.8. The highest BCUT2D eigenvalue weighted by molar-refractivity contribution is 6.32. The molecular weight excluding hydrogens is 470 g/mol. The summed E-state index contributed by atoms with van der Waals surface area (Å²) in [5.74, 6) is -1.94. The van der Waals surface area contributed by atoms with Gasteiger partial charge in [-0.2, -0.15) is 0 Å². The van der Waals surface area contributed by atoms with Crippen LogP contribution in [0.1, 0.15) is 5.56 Å².